The van der Waals surface area contributed by atoms with Gasteiger partial charge in [-0.15, -0.1) is 0 Å². The first-order chi connectivity index (χ1) is 13.7. The van der Waals surface area contributed by atoms with Crippen LogP contribution in [0.5, 0.6) is 0 Å². The summed E-state index contributed by atoms with van der Waals surface area (Å²) in [4.78, 5) is 34.6. The van der Waals surface area contributed by atoms with Crippen LogP contribution in [0.2, 0.25) is 0 Å². The van der Waals surface area contributed by atoms with E-state index < -0.39 is 72.2 Å². The number of carbonyl (C=O) groups is 3. The van der Waals surface area contributed by atoms with Gasteiger partial charge in [0.05, 0.1) is 12.8 Å². The van der Waals surface area contributed by atoms with E-state index in [1.165, 1.54) is 0 Å². The molecule has 0 aliphatic carbocycles. The lowest BCUT2D eigenvalue weighted by Gasteiger charge is -2.27. The molecule has 0 atom stereocenters. The molecule has 0 amide bonds. The molecule has 0 unspecified atom stereocenters. The first-order valence-corrected chi connectivity index (χ1v) is 7.24. The van der Waals surface area contributed by atoms with Crippen LogP contribution in [0, 0.1) is 0 Å². The van der Waals surface area contributed by atoms with Crippen molar-refractivity contribution in [3.05, 3.63) is 37.2 Å². The third-order valence-electron chi connectivity index (χ3n) is 2.91. The molecule has 31 heavy (non-hydrogen) atoms. The van der Waals surface area contributed by atoms with Gasteiger partial charge in [-0.25, -0.2) is 18.0 Å². The second-order valence-electron chi connectivity index (χ2n) is 5.49. The quantitative estimate of drug-likeness (QED) is 0.279. The maximum absolute atomic E-state index is 13.1. The molecular weight excluding hydrogens is 463 g/mol. The minimum atomic E-state index is -5.22. The fourth-order valence-electron chi connectivity index (χ4n) is 1.42. The molecule has 0 radical (unpaired) electrons. The number of hydrogen-bond acceptors (Lipinski definition) is 7. The summed E-state index contributed by atoms with van der Waals surface area (Å²) in [6, 6.07) is 0. The van der Waals surface area contributed by atoms with Gasteiger partial charge in [-0.3, -0.25) is 9.59 Å². The zero-order valence-electron chi connectivity index (χ0n) is 14.8. The molecule has 0 bridgehead atoms. The topological polar surface area (TPSA) is 99.1 Å². The van der Waals surface area contributed by atoms with Crippen LogP contribution in [-0.2, 0) is 28.6 Å². The highest BCUT2D eigenvalue weighted by molar-refractivity contribution is 5.90. The van der Waals surface area contributed by atoms with Gasteiger partial charge >= 0.3 is 36.2 Å². The third-order valence-corrected chi connectivity index (χ3v) is 2.91. The maximum Gasteiger partial charge on any atom is 0.455 e. The van der Waals surface area contributed by atoms with E-state index in [0.29, 0.717) is 0 Å². The van der Waals surface area contributed by atoms with Crippen LogP contribution in [0.4, 0.5) is 39.5 Å². The van der Waals surface area contributed by atoms with E-state index in [-0.39, 0.29) is 0 Å². The average Bonchev–Trinajstić information content (AvgIpc) is 2.51. The summed E-state index contributed by atoms with van der Waals surface area (Å²) in [6.45, 7) is 6.23. The fraction of sp³-hybridized carbons (Fsp3) is 0.400. The molecule has 0 saturated carbocycles. The highest BCUT2D eigenvalue weighted by Gasteiger charge is 2.52. The summed E-state index contributed by atoms with van der Waals surface area (Å²) in [5.74, 6) is -15.6. The lowest BCUT2D eigenvalue weighted by molar-refractivity contribution is -0.245. The van der Waals surface area contributed by atoms with Crippen molar-refractivity contribution in [1.29, 1.82) is 0 Å². The summed E-state index contributed by atoms with van der Waals surface area (Å²) in [7, 11) is 0. The molecule has 0 aromatic carbocycles. The molecule has 16 heteroatoms. The zero-order chi connectivity index (χ0) is 25.0. The van der Waals surface area contributed by atoms with Crippen molar-refractivity contribution >= 4 is 17.9 Å². The second-order valence-corrected chi connectivity index (χ2v) is 5.49. The van der Waals surface area contributed by atoms with Gasteiger partial charge in [-0.2, -0.15) is 26.3 Å². The Hall–Kier alpha value is -3.04. The Bertz CT molecular complexity index is 750. The number of esters is 3. The third kappa shape index (κ3) is 7.95. The van der Waals surface area contributed by atoms with E-state index in [9.17, 15) is 59.0 Å². The summed E-state index contributed by atoms with van der Waals surface area (Å²) in [5, 5.41) is 9.95. The average molecular weight is 474 g/mol. The first-order valence-electron chi connectivity index (χ1n) is 7.24. The number of alkyl halides is 6. The molecule has 0 aliphatic heterocycles. The molecule has 0 fully saturated rings. The Balaban J connectivity index is 5.85. The van der Waals surface area contributed by atoms with Crippen LogP contribution in [0.1, 0.15) is 12.8 Å². The van der Waals surface area contributed by atoms with Gasteiger partial charge in [0.25, 0.3) is 0 Å². The number of aliphatic hydroxyl groups is 1. The van der Waals surface area contributed by atoms with E-state index in [2.05, 4.69) is 33.9 Å². The van der Waals surface area contributed by atoms with Gasteiger partial charge in [-0.1, -0.05) is 19.7 Å². The van der Waals surface area contributed by atoms with Crippen molar-refractivity contribution < 1.29 is 73.2 Å². The molecular formula is C15H11F9O7. The molecule has 7 nitrogen and oxygen atoms in total. The zero-order valence-corrected chi connectivity index (χ0v) is 14.8. The highest BCUT2D eigenvalue weighted by atomic mass is 19.3. The SMILES string of the molecule is C=C(F)C(F)(F)OC(=O)CC(O)(CC(=O)OC(F)(F)C(=C)F)C(=O)OC(F)(F)C(=C)F. The number of hydrogen-bond donors (Lipinski definition) is 1. The first kappa shape index (κ1) is 28.0. The molecule has 0 aliphatic rings. The molecule has 176 valence electrons. The molecule has 0 aromatic heterocycles. The molecule has 0 heterocycles. The Morgan fingerprint density at radius 3 is 1.16 bits per heavy atom. The molecule has 0 saturated heterocycles. The molecule has 0 aromatic rings. The molecule has 0 rings (SSSR count). The molecule has 0 spiro atoms. The number of rotatable bonds is 11. The minimum absolute atomic E-state index is 2.06. The van der Waals surface area contributed by atoms with Crippen molar-refractivity contribution in [3.63, 3.8) is 0 Å². The number of carbonyl (C=O) groups excluding carboxylic acids is 3. The lowest BCUT2D eigenvalue weighted by Crippen LogP contribution is -2.48. The van der Waals surface area contributed by atoms with E-state index in [1.54, 1.807) is 0 Å². The normalized spacial score (nSPS) is 12.6. The monoisotopic (exact) mass is 474 g/mol. The predicted molar refractivity (Wildman–Crippen MR) is 78.0 cm³/mol. The Morgan fingerprint density at radius 2 is 0.903 bits per heavy atom. The van der Waals surface area contributed by atoms with E-state index in [1.807, 2.05) is 0 Å². The van der Waals surface area contributed by atoms with Gasteiger partial charge in [0.1, 0.15) is 0 Å². The van der Waals surface area contributed by atoms with Gasteiger partial charge in [0.2, 0.25) is 17.5 Å². The van der Waals surface area contributed by atoms with Crippen LogP contribution in [0.15, 0.2) is 37.2 Å². The summed E-state index contributed by atoms with van der Waals surface area (Å²) in [6.07, 6.45) is -19.9. The highest BCUT2D eigenvalue weighted by Crippen LogP contribution is 2.33. The summed E-state index contributed by atoms with van der Waals surface area (Å²) in [5.41, 5.74) is -4.06. The van der Waals surface area contributed by atoms with Gasteiger partial charge in [-0.05, 0) is 0 Å². The van der Waals surface area contributed by atoms with Gasteiger partial charge in [0.15, 0.2) is 5.60 Å². The standard InChI is InChI=1S/C15H11F9O7/c1-6(16)13(19,20)29-9(25)4-12(28,11(27)31-15(23,24)8(3)18)5-10(26)30-14(21,22)7(2)17/h28H,1-5H2. The number of halogens is 9. The Kier molecular flexibility index (Phi) is 8.48. The second kappa shape index (κ2) is 9.40. The maximum atomic E-state index is 13.1. The van der Waals surface area contributed by atoms with Crippen molar-refractivity contribution in [1.82, 2.24) is 0 Å². The summed E-state index contributed by atoms with van der Waals surface area (Å²) >= 11 is 0. The van der Waals surface area contributed by atoms with Crippen LogP contribution in [0.3, 0.4) is 0 Å². The fourth-order valence-corrected chi connectivity index (χ4v) is 1.42. The van der Waals surface area contributed by atoms with Gasteiger partial charge in [0, 0.05) is 0 Å². The Labute approximate surface area is 166 Å². The van der Waals surface area contributed by atoms with Crippen LogP contribution in [-0.4, -0.2) is 46.9 Å². The predicted octanol–water partition coefficient (Wildman–Crippen LogP) is 3.36. The number of ether oxygens (including phenoxy) is 3. The van der Waals surface area contributed by atoms with E-state index in [4.69, 9.17) is 0 Å². The largest absolute Gasteiger partial charge is 0.455 e. The van der Waals surface area contributed by atoms with Crippen molar-refractivity contribution in [2.45, 2.75) is 36.8 Å². The Morgan fingerprint density at radius 1 is 0.645 bits per heavy atom. The smallest absolute Gasteiger partial charge is 0.395 e. The summed E-state index contributed by atoms with van der Waals surface area (Å²) < 4.78 is 125. The van der Waals surface area contributed by atoms with Crippen LogP contribution >= 0.6 is 0 Å². The van der Waals surface area contributed by atoms with Crippen LogP contribution < -0.4 is 0 Å². The van der Waals surface area contributed by atoms with Crippen LogP contribution in [0.25, 0.3) is 0 Å². The van der Waals surface area contributed by atoms with E-state index >= 15 is 0 Å². The van der Waals surface area contributed by atoms with Crippen molar-refractivity contribution in [3.8, 4) is 0 Å². The minimum Gasteiger partial charge on any atom is -0.395 e. The van der Waals surface area contributed by atoms with Crippen molar-refractivity contribution in [2.24, 2.45) is 0 Å². The van der Waals surface area contributed by atoms with E-state index in [0.717, 1.165) is 0 Å². The van der Waals surface area contributed by atoms with Gasteiger partial charge < -0.3 is 19.3 Å². The molecule has 1 N–H and O–H groups in total. The van der Waals surface area contributed by atoms with Crippen molar-refractivity contribution in [2.75, 3.05) is 0 Å². The lowest BCUT2D eigenvalue weighted by atomic mass is 9.95.